The van der Waals surface area contributed by atoms with Crippen molar-refractivity contribution in [1.82, 2.24) is 21.3 Å². The molecule has 4 aromatic carbocycles. The van der Waals surface area contributed by atoms with E-state index < -0.39 is 27.8 Å². The molecule has 26 heteroatoms. The molecule has 0 radical (unpaired) electrons. The molecule has 6 N–H and O–H groups in total. The number of amides is 5. The van der Waals surface area contributed by atoms with Gasteiger partial charge in [-0.2, -0.15) is 0 Å². The maximum Gasteiger partial charge on any atom is 0.242 e. The Bertz CT molecular complexity index is 2860. The molecule has 0 heterocycles. The smallest absolute Gasteiger partial charge is 0.242 e. The van der Waals surface area contributed by atoms with Crippen LogP contribution in [-0.2, 0) is 87.6 Å². The maximum absolute atomic E-state index is 13.5. The number of primary amides is 1. The first-order valence-electron chi connectivity index (χ1n) is 30.9. The van der Waals surface area contributed by atoms with Crippen LogP contribution in [0.3, 0.4) is 0 Å². The molecule has 2 unspecified atom stereocenters. The van der Waals surface area contributed by atoms with E-state index in [4.69, 9.17) is 53.1 Å². The third-order valence-corrected chi connectivity index (χ3v) is 15.7. The highest BCUT2D eigenvalue weighted by molar-refractivity contribution is 7.91. The summed E-state index contributed by atoms with van der Waals surface area (Å²) in [6.07, 6.45) is 3.39. The minimum Gasteiger partial charge on any atom is -0.379 e. The number of benzene rings is 4. The molecule has 90 heavy (non-hydrogen) atoms. The van der Waals surface area contributed by atoms with Gasteiger partial charge in [0, 0.05) is 63.1 Å². The van der Waals surface area contributed by atoms with Crippen LogP contribution in [0.2, 0.25) is 0 Å². The highest BCUT2D eigenvalue weighted by Gasteiger charge is 2.23. The lowest BCUT2D eigenvalue weighted by atomic mass is 10.0. The van der Waals surface area contributed by atoms with Crippen LogP contribution in [0.25, 0.3) is 21.5 Å². The average molecular weight is 1300 g/mol. The summed E-state index contributed by atoms with van der Waals surface area (Å²) < 4.78 is 81.4. The zero-order valence-corrected chi connectivity index (χ0v) is 54.1. The second kappa shape index (κ2) is 47.8. The lowest BCUT2D eigenvalue weighted by molar-refractivity contribution is -0.129. The molecule has 0 spiro atoms. The number of carbonyl (C=O) groups is 5. The summed E-state index contributed by atoms with van der Waals surface area (Å²) in [7, 11) is 0.391. The number of hydrogen-bond donors (Lipinski definition) is 5. The van der Waals surface area contributed by atoms with E-state index >= 15 is 0 Å². The summed E-state index contributed by atoms with van der Waals surface area (Å²) in [4.78, 5) is 70.0. The quantitative estimate of drug-likeness (QED) is 0.0230. The summed E-state index contributed by atoms with van der Waals surface area (Å²) in [5.41, 5.74) is 7.39. The van der Waals surface area contributed by atoms with Gasteiger partial charge in [0.1, 0.15) is 12.1 Å². The Morgan fingerprint density at radius 3 is 1.58 bits per heavy atom. The second-order valence-corrected chi connectivity index (χ2v) is 23.2. The van der Waals surface area contributed by atoms with Gasteiger partial charge in [-0.15, -0.1) is 0 Å². The van der Waals surface area contributed by atoms with Crippen molar-refractivity contribution in [2.75, 3.05) is 177 Å². The van der Waals surface area contributed by atoms with E-state index in [1.165, 1.54) is 0 Å². The maximum atomic E-state index is 13.5. The van der Waals surface area contributed by atoms with Crippen LogP contribution in [0.1, 0.15) is 63.4 Å². The molecule has 4 aromatic rings. The van der Waals surface area contributed by atoms with Crippen molar-refractivity contribution < 1.29 is 79.8 Å². The summed E-state index contributed by atoms with van der Waals surface area (Å²) in [5.74, 6) is -1.87. The fourth-order valence-electron chi connectivity index (χ4n) is 9.03. The van der Waals surface area contributed by atoms with E-state index in [9.17, 15) is 32.4 Å². The Hall–Kier alpha value is -6.10. The van der Waals surface area contributed by atoms with E-state index in [-0.39, 0.29) is 81.4 Å². The topological polar surface area (TPSA) is 302 Å². The van der Waals surface area contributed by atoms with Crippen LogP contribution >= 0.6 is 12.2 Å². The molecule has 4 rings (SSSR count). The van der Waals surface area contributed by atoms with Gasteiger partial charge in [-0.3, -0.25) is 24.0 Å². The summed E-state index contributed by atoms with van der Waals surface area (Å²) >= 11 is 4.51. The number of anilines is 1. The lowest BCUT2D eigenvalue weighted by Gasteiger charge is -2.19. The largest absolute Gasteiger partial charge is 0.379 e. The molecular weight excluding hydrogens is 1200 g/mol. The van der Waals surface area contributed by atoms with Crippen molar-refractivity contribution >= 4 is 84.0 Å². The second-order valence-electron chi connectivity index (χ2n) is 20.9. The Labute approximate surface area is 535 Å². The fraction of sp³-hybridized carbons (Fsp3) is 0.594. The number of ether oxygens (including phenoxy) is 10. The third kappa shape index (κ3) is 33.8. The highest BCUT2D eigenvalue weighted by Crippen LogP contribution is 2.31. The zero-order valence-electron chi connectivity index (χ0n) is 52.4. The molecule has 0 bridgehead atoms. The number of nitrogens with one attached hydrogen (secondary N) is 4. The molecular formula is C64H95N7O17S2. The molecule has 0 aromatic heterocycles. The number of carbonyl (C=O) groups excluding carboxylic acids is 5. The van der Waals surface area contributed by atoms with Crippen molar-refractivity contribution in [3.05, 3.63) is 84.4 Å². The number of thiocarbonyl (C=S) groups is 1. The lowest BCUT2D eigenvalue weighted by Crippen LogP contribution is -2.47. The molecule has 0 aliphatic rings. The fourth-order valence-corrected chi connectivity index (χ4v) is 10.6. The highest BCUT2D eigenvalue weighted by atomic mass is 32.2. The Balaban J connectivity index is 0.931. The summed E-state index contributed by atoms with van der Waals surface area (Å²) in [6, 6.07) is 23.0. The normalized spacial score (nSPS) is 12.1. The van der Waals surface area contributed by atoms with Crippen molar-refractivity contribution in [1.29, 1.82) is 0 Å². The van der Waals surface area contributed by atoms with Gasteiger partial charge in [0.15, 0.2) is 9.84 Å². The number of nitrogens with two attached hydrogens (primary N) is 1. The number of fused-ring (bicyclic) bond motifs is 2. The monoisotopic (exact) mass is 1300 g/mol. The van der Waals surface area contributed by atoms with Crippen LogP contribution in [0, 0.1) is 0 Å². The number of unbranched alkanes of at least 4 members (excludes halogenated alkanes) is 2. The van der Waals surface area contributed by atoms with E-state index in [0.29, 0.717) is 169 Å². The minimum atomic E-state index is -3.48. The Kier molecular flexibility index (Phi) is 40.5. The number of rotatable bonds is 55. The Morgan fingerprint density at radius 2 is 1.01 bits per heavy atom. The predicted octanol–water partition coefficient (Wildman–Crippen LogP) is 4.54. The molecule has 0 aliphatic carbocycles. The number of aliphatic imine (C=N–C) groups is 1. The molecule has 2 atom stereocenters. The van der Waals surface area contributed by atoms with Crippen LogP contribution in [-0.4, -0.2) is 227 Å². The van der Waals surface area contributed by atoms with Crippen LogP contribution in [0.15, 0.2) is 88.8 Å². The number of nitrogens with zero attached hydrogens (tertiary/aromatic N) is 2. The zero-order chi connectivity index (χ0) is 64.7. The summed E-state index contributed by atoms with van der Waals surface area (Å²) in [5, 5.41) is 17.3. The predicted molar refractivity (Wildman–Crippen MR) is 347 cm³/mol. The first kappa shape index (κ1) is 76.4. The van der Waals surface area contributed by atoms with Crippen molar-refractivity contribution in [3.8, 4) is 0 Å². The SMILES string of the molecule is CN(C)c1cccc2c(S(=O)(=O)CCCOCCOCCOCCOCCOCCOCCOCCOCCC(=O)NC(CCCCNC(=O)C(CCCCNC(=O)CCOCCOCCN=C=S)NC(=O)Cc3ccc4ccccc4c3)C(N)=O)cccc12. The van der Waals surface area contributed by atoms with Gasteiger partial charge in [0.2, 0.25) is 29.5 Å². The van der Waals surface area contributed by atoms with Crippen molar-refractivity contribution in [2.24, 2.45) is 10.7 Å². The van der Waals surface area contributed by atoms with Crippen molar-refractivity contribution in [3.63, 3.8) is 0 Å². The molecule has 0 fully saturated rings. The van der Waals surface area contributed by atoms with Gasteiger partial charge in [-0.1, -0.05) is 66.7 Å². The third-order valence-electron chi connectivity index (χ3n) is 13.7. The van der Waals surface area contributed by atoms with Gasteiger partial charge in [0.25, 0.3) is 0 Å². The van der Waals surface area contributed by atoms with E-state index in [1.807, 2.05) is 85.7 Å². The molecule has 500 valence electrons. The van der Waals surface area contributed by atoms with Crippen LogP contribution in [0.4, 0.5) is 5.69 Å². The number of sulfone groups is 1. The number of hydrogen-bond acceptors (Lipinski definition) is 20. The first-order chi connectivity index (χ1) is 43.8. The van der Waals surface area contributed by atoms with Crippen LogP contribution in [0.5, 0.6) is 0 Å². The Morgan fingerprint density at radius 1 is 0.522 bits per heavy atom. The van der Waals surface area contributed by atoms with Gasteiger partial charge < -0.3 is 79.3 Å². The molecule has 0 saturated heterocycles. The molecule has 0 aliphatic heterocycles. The van der Waals surface area contributed by atoms with Gasteiger partial charge in [-0.25, -0.2) is 13.4 Å². The van der Waals surface area contributed by atoms with E-state index in [1.54, 1.807) is 12.1 Å². The van der Waals surface area contributed by atoms with Gasteiger partial charge in [0.05, 0.1) is 154 Å². The molecule has 24 nitrogen and oxygen atoms in total. The minimum absolute atomic E-state index is 0.00387. The summed E-state index contributed by atoms with van der Waals surface area (Å²) in [6.45, 7) is 8.21. The molecule has 0 saturated carbocycles. The van der Waals surface area contributed by atoms with E-state index in [0.717, 1.165) is 32.8 Å². The van der Waals surface area contributed by atoms with Crippen LogP contribution < -0.4 is 31.9 Å². The molecule has 5 amide bonds. The van der Waals surface area contributed by atoms with Gasteiger partial charge >= 0.3 is 0 Å². The first-order valence-corrected chi connectivity index (χ1v) is 33.0. The average Bonchev–Trinajstić information content (AvgIpc) is 0.855. The van der Waals surface area contributed by atoms with E-state index in [2.05, 4.69) is 43.6 Å². The van der Waals surface area contributed by atoms with Gasteiger partial charge in [-0.05, 0) is 85.6 Å². The van der Waals surface area contributed by atoms with Crippen molar-refractivity contribution in [2.45, 2.75) is 81.2 Å². The number of isothiocyanates is 1. The standard InChI is InChI=1S/C64H95N7O17S2/c1-71(2)58-18-9-15-55-54(58)14-10-19-59(55)90(77,78)47-11-27-79-31-35-83-37-39-85-41-43-87-45-46-88-44-42-86-40-38-84-36-33-81-29-23-61(73)69-56(63(65)75)16-5-8-25-68-64(76)57(70-62(74)49-51-20-21-52-12-3-4-13-53(52)48-51)17-6-7-24-67-60(72)22-28-80-32-34-82-30-26-66-50-89/h3-4,9-10,12-15,18-21,48,56-57H,5-8,11,16-17,22-47,49H2,1-2H3,(H2,65,75)(H,67,72)(H,68,76)(H,69,73)(H,70,74).